The van der Waals surface area contributed by atoms with E-state index in [1.807, 2.05) is 63.1 Å². The minimum atomic E-state index is -0.918. The second-order valence-corrected chi connectivity index (χ2v) is 14.7. The summed E-state index contributed by atoms with van der Waals surface area (Å²) < 4.78 is 11.7. The summed E-state index contributed by atoms with van der Waals surface area (Å²) in [4.78, 5) is 60.9. The van der Waals surface area contributed by atoms with Crippen molar-refractivity contribution < 1.29 is 33.8 Å². The number of aromatic nitrogens is 1. The predicted molar refractivity (Wildman–Crippen MR) is 194 cm³/mol. The molecule has 3 amide bonds. The highest BCUT2D eigenvalue weighted by Gasteiger charge is 2.37. The number of carboxylic acid groups (broad SMARTS) is 1. The molecule has 0 saturated carbocycles. The highest BCUT2D eigenvalue weighted by atomic mass is 32.1. The van der Waals surface area contributed by atoms with Gasteiger partial charge in [-0.3, -0.25) is 24.1 Å². The number of aliphatic carboxylic acids is 1. The monoisotopic (exact) mass is 715 g/mol. The van der Waals surface area contributed by atoms with Gasteiger partial charge in [0.25, 0.3) is 5.91 Å². The van der Waals surface area contributed by atoms with Crippen LogP contribution in [-0.4, -0.2) is 108 Å². The van der Waals surface area contributed by atoms with Crippen molar-refractivity contribution in [1.82, 2.24) is 25.4 Å². The first-order valence-electron chi connectivity index (χ1n) is 17.7. The topological polar surface area (TPSA) is 150 Å². The molecule has 1 saturated heterocycles. The average Bonchev–Trinajstić information content (AvgIpc) is 3.59. The number of hydrogen-bond donors (Lipinski definition) is 3. The van der Waals surface area contributed by atoms with E-state index < -0.39 is 36.2 Å². The van der Waals surface area contributed by atoms with Crippen molar-refractivity contribution in [2.75, 3.05) is 34.4 Å². The number of methoxy groups -OCH3 is 1. The van der Waals surface area contributed by atoms with E-state index in [0.29, 0.717) is 24.5 Å². The Hall–Kier alpha value is -3.39. The van der Waals surface area contributed by atoms with E-state index in [1.54, 1.807) is 31.2 Å². The number of ether oxygens (including phenoxy) is 2. The molecule has 278 valence electrons. The number of benzene rings is 1. The Morgan fingerprint density at radius 2 is 1.78 bits per heavy atom. The molecule has 0 radical (unpaired) electrons. The zero-order valence-electron chi connectivity index (χ0n) is 30.9. The summed E-state index contributed by atoms with van der Waals surface area (Å²) in [6.07, 6.45) is 2.88. The highest BCUT2D eigenvalue weighted by molar-refractivity contribution is 7.09. The summed E-state index contributed by atoms with van der Waals surface area (Å²) in [5.74, 6) is -2.34. The molecular formula is C37H57N5O7S. The number of thiazole rings is 1. The molecule has 0 spiro atoms. The van der Waals surface area contributed by atoms with Crippen molar-refractivity contribution in [1.29, 1.82) is 0 Å². The van der Waals surface area contributed by atoms with E-state index in [2.05, 4.69) is 15.6 Å². The number of nitrogens with zero attached hydrogens (tertiary/aromatic N) is 3. The van der Waals surface area contributed by atoms with Gasteiger partial charge in [-0.25, -0.2) is 4.98 Å². The maximum atomic E-state index is 14.1. The summed E-state index contributed by atoms with van der Waals surface area (Å²) in [5, 5.41) is 17.8. The van der Waals surface area contributed by atoms with E-state index >= 15 is 0 Å². The molecule has 1 unspecified atom stereocenters. The maximum Gasteiger partial charge on any atom is 0.306 e. The van der Waals surface area contributed by atoms with Crippen molar-refractivity contribution >= 4 is 35.0 Å². The Morgan fingerprint density at radius 1 is 1.08 bits per heavy atom. The van der Waals surface area contributed by atoms with E-state index in [4.69, 9.17) is 9.47 Å². The molecule has 1 aliphatic rings. The molecule has 1 aromatic carbocycles. The number of carbonyl (C=O) groups is 4. The lowest BCUT2D eigenvalue weighted by Gasteiger charge is -2.38. The number of amides is 3. The Morgan fingerprint density at radius 3 is 2.38 bits per heavy atom. The van der Waals surface area contributed by atoms with Gasteiger partial charge >= 0.3 is 5.97 Å². The summed E-state index contributed by atoms with van der Waals surface area (Å²) in [5.41, 5.74) is 1.22. The molecule has 2 aromatic rings. The van der Waals surface area contributed by atoms with Gasteiger partial charge in [0.05, 0.1) is 18.1 Å². The van der Waals surface area contributed by atoms with Crippen LogP contribution in [-0.2, 0) is 30.3 Å². The fraction of sp³-hybridized carbons (Fsp3) is 0.649. The summed E-state index contributed by atoms with van der Waals surface area (Å²) >= 11 is 1.31. The maximum absolute atomic E-state index is 14.1. The Labute approximate surface area is 301 Å². The number of likely N-dealkylation sites (N-methyl/N-ethyl adjacent to an activating group) is 2. The summed E-state index contributed by atoms with van der Waals surface area (Å²) in [7, 11) is 5.21. The molecule has 50 heavy (non-hydrogen) atoms. The SMILES string of the molecule is CCO[C@H](C[C@H](C(C)C)N(C)C(=O)[C@@H](NC(=O)C1CCCCN1C)[C@H](C)OC)c1nc(C(=O)N[C@@H](Cc2ccccc2)C[C@H](C)C(=O)O)cs1. The molecule has 12 nitrogen and oxygen atoms in total. The smallest absolute Gasteiger partial charge is 0.306 e. The molecule has 13 heteroatoms. The van der Waals surface area contributed by atoms with Gasteiger partial charge in [-0.1, -0.05) is 57.5 Å². The summed E-state index contributed by atoms with van der Waals surface area (Å²) in [6, 6.07) is 7.78. The van der Waals surface area contributed by atoms with Gasteiger partial charge in [0.15, 0.2) is 0 Å². The van der Waals surface area contributed by atoms with Crippen molar-refractivity contribution in [3.8, 4) is 0 Å². The lowest BCUT2D eigenvalue weighted by molar-refractivity contribution is -0.143. The van der Waals surface area contributed by atoms with Crippen LogP contribution in [0.1, 0.15) is 93.9 Å². The quantitative estimate of drug-likeness (QED) is 0.190. The van der Waals surface area contributed by atoms with Crippen molar-refractivity contribution in [2.45, 2.75) is 110 Å². The highest BCUT2D eigenvalue weighted by Crippen LogP contribution is 2.31. The van der Waals surface area contributed by atoms with Crippen LogP contribution in [0.4, 0.5) is 0 Å². The first-order chi connectivity index (χ1) is 23.8. The first kappa shape index (κ1) is 41.0. The van der Waals surface area contributed by atoms with Crippen LogP contribution in [0.3, 0.4) is 0 Å². The van der Waals surface area contributed by atoms with Gasteiger partial charge in [0, 0.05) is 44.6 Å². The molecule has 7 atom stereocenters. The Bertz CT molecular complexity index is 1390. The largest absolute Gasteiger partial charge is 0.481 e. The van der Waals surface area contributed by atoms with E-state index in [9.17, 15) is 24.3 Å². The Balaban J connectivity index is 1.77. The molecule has 1 aromatic heterocycles. The van der Waals surface area contributed by atoms with Gasteiger partial charge < -0.3 is 30.1 Å². The molecule has 0 bridgehead atoms. The number of piperidine rings is 1. The van der Waals surface area contributed by atoms with Gasteiger partial charge in [0.2, 0.25) is 11.8 Å². The predicted octanol–water partition coefficient (Wildman–Crippen LogP) is 4.55. The van der Waals surface area contributed by atoms with Crippen molar-refractivity contribution in [3.05, 3.63) is 52.0 Å². The summed E-state index contributed by atoms with van der Waals surface area (Å²) in [6.45, 7) is 10.6. The van der Waals surface area contributed by atoms with E-state index in [0.717, 1.165) is 31.4 Å². The lowest BCUT2D eigenvalue weighted by atomic mass is 9.95. The van der Waals surface area contributed by atoms with Gasteiger partial charge in [0.1, 0.15) is 22.8 Å². The number of likely N-dealkylation sites (tertiary alicyclic amines) is 1. The third-order valence-corrected chi connectivity index (χ3v) is 10.6. The molecule has 1 aliphatic heterocycles. The van der Waals surface area contributed by atoms with E-state index in [1.165, 1.54) is 18.4 Å². The molecular weight excluding hydrogens is 659 g/mol. The fourth-order valence-electron chi connectivity index (χ4n) is 6.51. The number of carbonyl (C=O) groups excluding carboxylic acids is 3. The number of carboxylic acids is 1. The minimum absolute atomic E-state index is 0.0308. The standard InChI is InChI=1S/C37H57N5O7S/c1-9-49-31(35-39-28(22-50-35)33(43)38-27(19-24(4)37(46)47)20-26-15-11-10-12-16-26)21-30(23(2)3)42(7)36(45)32(25(5)48-8)40-34(44)29-17-13-14-18-41(29)6/h10-12,15-16,22-25,27,29-32H,9,13-14,17-21H2,1-8H3,(H,38,43)(H,40,44)(H,46,47)/t24-,25-,27+,29?,30+,31+,32-/m0/s1. The normalized spacial score (nSPS) is 18.8. The molecule has 2 heterocycles. The van der Waals surface area contributed by atoms with Crippen LogP contribution >= 0.6 is 11.3 Å². The fourth-order valence-corrected chi connectivity index (χ4v) is 7.37. The van der Waals surface area contributed by atoms with Gasteiger partial charge in [-0.15, -0.1) is 11.3 Å². The third kappa shape index (κ3) is 11.6. The molecule has 0 aliphatic carbocycles. The van der Waals surface area contributed by atoms with Crippen molar-refractivity contribution in [3.63, 3.8) is 0 Å². The van der Waals surface area contributed by atoms with Crippen LogP contribution < -0.4 is 10.6 Å². The molecule has 1 fully saturated rings. The zero-order chi connectivity index (χ0) is 37.0. The second kappa shape index (κ2) is 19.9. The van der Waals surface area contributed by atoms with Crippen LogP contribution in [0.25, 0.3) is 0 Å². The Kier molecular flexibility index (Phi) is 16.3. The van der Waals surface area contributed by atoms with Gasteiger partial charge in [-0.05, 0) is 64.6 Å². The minimum Gasteiger partial charge on any atom is -0.481 e. The second-order valence-electron chi connectivity index (χ2n) is 13.8. The van der Waals surface area contributed by atoms with Gasteiger partial charge in [-0.2, -0.15) is 0 Å². The van der Waals surface area contributed by atoms with Crippen molar-refractivity contribution in [2.24, 2.45) is 11.8 Å². The first-order valence-corrected chi connectivity index (χ1v) is 18.6. The number of nitrogens with one attached hydrogen (secondary N) is 2. The average molecular weight is 716 g/mol. The van der Waals surface area contributed by atoms with Crippen LogP contribution in [0.5, 0.6) is 0 Å². The molecule has 3 rings (SSSR count). The van der Waals surface area contributed by atoms with Crippen LogP contribution in [0.2, 0.25) is 0 Å². The van der Waals surface area contributed by atoms with E-state index in [-0.39, 0.29) is 47.8 Å². The lowest BCUT2D eigenvalue weighted by Crippen LogP contribution is -2.59. The van der Waals surface area contributed by atoms with Crippen LogP contribution in [0, 0.1) is 11.8 Å². The zero-order valence-corrected chi connectivity index (χ0v) is 31.7. The number of rotatable bonds is 19. The number of hydrogen-bond acceptors (Lipinski definition) is 9. The van der Waals surface area contributed by atoms with Crippen LogP contribution in [0.15, 0.2) is 35.7 Å². The third-order valence-electron chi connectivity index (χ3n) is 9.67. The molecule has 3 N–H and O–H groups in total.